The maximum atomic E-state index is 5.44. The number of rotatable bonds is 10. The molecule has 0 aromatic heterocycles. The van der Waals surface area contributed by atoms with E-state index in [-0.39, 0.29) is 5.60 Å². The third-order valence-corrected chi connectivity index (χ3v) is 2.52. The smallest absolute Gasteiger partial charge is 0.0634 e. The van der Waals surface area contributed by atoms with Crippen LogP contribution in [0.4, 0.5) is 0 Å². The fraction of sp³-hybridized carbons (Fsp3) is 1.00. The van der Waals surface area contributed by atoms with Crippen LogP contribution in [0.3, 0.4) is 0 Å². The molecule has 0 amide bonds. The van der Waals surface area contributed by atoms with E-state index in [0.29, 0.717) is 0 Å². The average molecular weight is 217 g/mol. The molecule has 3 nitrogen and oxygen atoms in total. The summed E-state index contributed by atoms with van der Waals surface area (Å²) in [6.07, 6.45) is 3.39. The van der Waals surface area contributed by atoms with E-state index in [1.165, 1.54) is 6.42 Å². The van der Waals surface area contributed by atoms with Crippen molar-refractivity contribution in [3.05, 3.63) is 0 Å². The van der Waals surface area contributed by atoms with E-state index >= 15 is 0 Å². The van der Waals surface area contributed by atoms with E-state index in [4.69, 9.17) is 9.47 Å². The Morgan fingerprint density at radius 2 is 1.87 bits per heavy atom. The molecule has 0 atom stereocenters. The molecule has 0 unspecified atom stereocenters. The summed E-state index contributed by atoms with van der Waals surface area (Å²) in [5.74, 6) is 0. The van der Waals surface area contributed by atoms with Crippen LogP contribution in [0.2, 0.25) is 0 Å². The Balaban J connectivity index is 3.11. The standard InChI is InChI=1S/C12H27NO2/c1-5-6-10-15-11-9-13-8-7-12(2,3)14-4/h13H,5-11H2,1-4H3. The minimum atomic E-state index is -0.0178. The minimum Gasteiger partial charge on any atom is -0.380 e. The highest BCUT2D eigenvalue weighted by molar-refractivity contribution is 4.68. The SMILES string of the molecule is CCCCOCCNCCC(C)(C)OC. The topological polar surface area (TPSA) is 30.5 Å². The van der Waals surface area contributed by atoms with Gasteiger partial charge >= 0.3 is 0 Å². The molecule has 0 aliphatic carbocycles. The zero-order chi connectivity index (χ0) is 11.6. The largest absolute Gasteiger partial charge is 0.380 e. The molecule has 0 radical (unpaired) electrons. The molecule has 0 saturated heterocycles. The number of unbranched alkanes of at least 4 members (excludes halogenated alkanes) is 1. The summed E-state index contributed by atoms with van der Waals surface area (Å²) >= 11 is 0. The number of hydrogen-bond donors (Lipinski definition) is 1. The Kier molecular flexibility index (Phi) is 9.06. The summed E-state index contributed by atoms with van der Waals surface area (Å²) < 4.78 is 10.8. The maximum Gasteiger partial charge on any atom is 0.0634 e. The van der Waals surface area contributed by atoms with Crippen molar-refractivity contribution in [1.82, 2.24) is 5.32 Å². The Labute approximate surface area is 94.5 Å². The van der Waals surface area contributed by atoms with Gasteiger partial charge in [0, 0.05) is 20.3 Å². The second-order valence-corrected chi connectivity index (χ2v) is 4.43. The monoisotopic (exact) mass is 217 g/mol. The van der Waals surface area contributed by atoms with Gasteiger partial charge in [-0.2, -0.15) is 0 Å². The van der Waals surface area contributed by atoms with E-state index in [1.807, 2.05) is 0 Å². The molecule has 0 bridgehead atoms. The predicted molar refractivity (Wildman–Crippen MR) is 64.3 cm³/mol. The summed E-state index contributed by atoms with van der Waals surface area (Å²) in [6.45, 7) is 10.0. The highest BCUT2D eigenvalue weighted by Crippen LogP contribution is 2.10. The van der Waals surface area contributed by atoms with Gasteiger partial charge in [0.05, 0.1) is 12.2 Å². The maximum absolute atomic E-state index is 5.44. The van der Waals surface area contributed by atoms with Gasteiger partial charge in [-0.1, -0.05) is 13.3 Å². The third-order valence-electron chi connectivity index (χ3n) is 2.52. The molecule has 92 valence electrons. The molecule has 0 rings (SSSR count). The predicted octanol–water partition coefficient (Wildman–Crippen LogP) is 2.21. The zero-order valence-electron chi connectivity index (χ0n) is 10.8. The van der Waals surface area contributed by atoms with Crippen LogP contribution < -0.4 is 5.32 Å². The molecule has 0 heterocycles. The van der Waals surface area contributed by atoms with Gasteiger partial charge in [0.25, 0.3) is 0 Å². The lowest BCUT2D eigenvalue weighted by molar-refractivity contribution is 0.0154. The first-order valence-corrected chi connectivity index (χ1v) is 5.96. The van der Waals surface area contributed by atoms with Crippen molar-refractivity contribution in [3.63, 3.8) is 0 Å². The fourth-order valence-corrected chi connectivity index (χ4v) is 1.11. The summed E-state index contributed by atoms with van der Waals surface area (Å²) in [4.78, 5) is 0. The van der Waals surface area contributed by atoms with Gasteiger partial charge in [-0.15, -0.1) is 0 Å². The molecular weight excluding hydrogens is 190 g/mol. The lowest BCUT2D eigenvalue weighted by atomic mass is 10.1. The summed E-state index contributed by atoms with van der Waals surface area (Å²) in [7, 11) is 1.76. The van der Waals surface area contributed by atoms with Crippen molar-refractivity contribution < 1.29 is 9.47 Å². The molecule has 0 spiro atoms. The molecule has 1 N–H and O–H groups in total. The average Bonchev–Trinajstić information content (AvgIpc) is 2.22. The van der Waals surface area contributed by atoms with Gasteiger partial charge in [-0.25, -0.2) is 0 Å². The molecule has 0 saturated carbocycles. The third kappa shape index (κ3) is 10.2. The van der Waals surface area contributed by atoms with Gasteiger partial charge < -0.3 is 14.8 Å². The fourth-order valence-electron chi connectivity index (χ4n) is 1.11. The summed E-state index contributed by atoms with van der Waals surface area (Å²) in [6, 6.07) is 0. The van der Waals surface area contributed by atoms with Gasteiger partial charge in [-0.05, 0) is 33.2 Å². The molecule has 0 aliphatic heterocycles. The first kappa shape index (κ1) is 14.9. The van der Waals surface area contributed by atoms with Gasteiger partial charge in [0.2, 0.25) is 0 Å². The Bertz CT molecular complexity index is 138. The van der Waals surface area contributed by atoms with Crippen LogP contribution in [-0.2, 0) is 9.47 Å². The van der Waals surface area contributed by atoms with E-state index in [9.17, 15) is 0 Å². The van der Waals surface area contributed by atoms with Gasteiger partial charge in [-0.3, -0.25) is 0 Å². The molecule has 0 fully saturated rings. The molecule has 0 aromatic carbocycles. The highest BCUT2D eigenvalue weighted by atomic mass is 16.5. The van der Waals surface area contributed by atoms with Crippen molar-refractivity contribution in [1.29, 1.82) is 0 Å². The normalized spacial score (nSPS) is 12.0. The van der Waals surface area contributed by atoms with Gasteiger partial charge in [0.1, 0.15) is 0 Å². The summed E-state index contributed by atoms with van der Waals surface area (Å²) in [5.41, 5.74) is -0.0178. The lowest BCUT2D eigenvalue weighted by Crippen LogP contribution is -2.30. The first-order chi connectivity index (χ1) is 7.12. The van der Waals surface area contributed by atoms with Crippen molar-refractivity contribution in [2.75, 3.05) is 33.4 Å². The molecule has 3 heteroatoms. The van der Waals surface area contributed by atoms with Crippen LogP contribution in [-0.4, -0.2) is 39.0 Å². The molecule has 0 aliphatic rings. The van der Waals surface area contributed by atoms with Crippen molar-refractivity contribution >= 4 is 0 Å². The first-order valence-electron chi connectivity index (χ1n) is 5.96. The van der Waals surface area contributed by atoms with E-state index in [2.05, 4.69) is 26.1 Å². The van der Waals surface area contributed by atoms with Crippen molar-refractivity contribution in [2.24, 2.45) is 0 Å². The number of ether oxygens (including phenoxy) is 2. The molecule has 15 heavy (non-hydrogen) atoms. The van der Waals surface area contributed by atoms with Crippen LogP contribution in [0.5, 0.6) is 0 Å². The Morgan fingerprint density at radius 3 is 2.47 bits per heavy atom. The number of methoxy groups -OCH3 is 1. The van der Waals surface area contributed by atoms with E-state index < -0.39 is 0 Å². The zero-order valence-corrected chi connectivity index (χ0v) is 10.8. The van der Waals surface area contributed by atoms with Crippen LogP contribution in [0.15, 0.2) is 0 Å². The van der Waals surface area contributed by atoms with Crippen LogP contribution in [0.1, 0.15) is 40.0 Å². The molecular formula is C12H27NO2. The van der Waals surface area contributed by atoms with Crippen LogP contribution in [0.25, 0.3) is 0 Å². The lowest BCUT2D eigenvalue weighted by Gasteiger charge is -2.22. The summed E-state index contributed by atoms with van der Waals surface area (Å²) in [5, 5.41) is 3.35. The van der Waals surface area contributed by atoms with Gasteiger partial charge in [0.15, 0.2) is 0 Å². The number of nitrogens with one attached hydrogen (secondary N) is 1. The second kappa shape index (κ2) is 9.13. The van der Waals surface area contributed by atoms with Crippen LogP contribution in [0, 0.1) is 0 Å². The van der Waals surface area contributed by atoms with Crippen LogP contribution >= 0.6 is 0 Å². The quantitative estimate of drug-likeness (QED) is 0.569. The second-order valence-electron chi connectivity index (χ2n) is 4.43. The van der Waals surface area contributed by atoms with Crippen molar-refractivity contribution in [3.8, 4) is 0 Å². The minimum absolute atomic E-state index is 0.0178. The Morgan fingerprint density at radius 1 is 1.13 bits per heavy atom. The molecule has 0 aromatic rings. The van der Waals surface area contributed by atoms with Crippen molar-refractivity contribution in [2.45, 2.75) is 45.6 Å². The van der Waals surface area contributed by atoms with E-state index in [0.717, 1.165) is 39.1 Å². The highest BCUT2D eigenvalue weighted by Gasteiger charge is 2.14. The number of hydrogen-bond acceptors (Lipinski definition) is 3. The van der Waals surface area contributed by atoms with E-state index in [1.54, 1.807) is 7.11 Å². The Hall–Kier alpha value is -0.120.